The molecule has 0 heterocycles. The average molecular weight is 210 g/mol. The molecule has 0 atom stereocenters. The first kappa shape index (κ1) is 11.5. The van der Waals surface area contributed by atoms with Crippen molar-refractivity contribution in [2.75, 3.05) is 7.11 Å². The average Bonchev–Trinajstić information content (AvgIpc) is 2.15. The molecule has 0 saturated carbocycles. The predicted octanol–water partition coefficient (Wildman–Crippen LogP) is 1.80. The van der Waals surface area contributed by atoms with E-state index in [1.54, 1.807) is 6.07 Å². The zero-order chi connectivity index (χ0) is 11.6. The first-order valence-corrected chi connectivity index (χ1v) is 4.48. The van der Waals surface area contributed by atoms with Crippen LogP contribution in [-0.2, 0) is 5.54 Å². The number of nitro groups is 1. The van der Waals surface area contributed by atoms with E-state index in [1.165, 1.54) is 19.2 Å². The maximum atomic E-state index is 10.5. The van der Waals surface area contributed by atoms with Crippen molar-refractivity contribution in [3.8, 4) is 5.75 Å². The molecule has 5 nitrogen and oxygen atoms in total. The van der Waals surface area contributed by atoms with Crippen molar-refractivity contribution < 1.29 is 9.66 Å². The van der Waals surface area contributed by atoms with Gasteiger partial charge in [-0.1, -0.05) is 0 Å². The van der Waals surface area contributed by atoms with Crippen LogP contribution in [0.2, 0.25) is 0 Å². The van der Waals surface area contributed by atoms with Gasteiger partial charge in [-0.25, -0.2) is 0 Å². The lowest BCUT2D eigenvalue weighted by atomic mass is 9.94. The molecule has 0 aromatic heterocycles. The third kappa shape index (κ3) is 2.44. The van der Waals surface area contributed by atoms with Gasteiger partial charge in [0.05, 0.1) is 18.1 Å². The highest BCUT2D eigenvalue weighted by atomic mass is 16.6. The first-order valence-electron chi connectivity index (χ1n) is 4.48. The van der Waals surface area contributed by atoms with Crippen LogP contribution in [0.25, 0.3) is 0 Å². The topological polar surface area (TPSA) is 78.4 Å². The summed E-state index contributed by atoms with van der Waals surface area (Å²) in [5.74, 6) is 0.441. The van der Waals surface area contributed by atoms with E-state index < -0.39 is 10.5 Å². The van der Waals surface area contributed by atoms with Crippen LogP contribution in [0.1, 0.15) is 19.4 Å². The van der Waals surface area contributed by atoms with Gasteiger partial charge in [-0.3, -0.25) is 10.1 Å². The third-order valence-corrected chi connectivity index (χ3v) is 2.09. The monoisotopic (exact) mass is 210 g/mol. The van der Waals surface area contributed by atoms with E-state index in [4.69, 9.17) is 10.5 Å². The summed E-state index contributed by atoms with van der Waals surface area (Å²) in [6.45, 7) is 3.63. The van der Waals surface area contributed by atoms with E-state index in [0.29, 0.717) is 5.75 Å². The highest BCUT2D eigenvalue weighted by Gasteiger charge is 2.21. The molecule has 0 fully saturated rings. The molecule has 82 valence electrons. The van der Waals surface area contributed by atoms with Crippen LogP contribution in [0.15, 0.2) is 18.2 Å². The van der Waals surface area contributed by atoms with Gasteiger partial charge in [-0.15, -0.1) is 0 Å². The van der Waals surface area contributed by atoms with Crippen LogP contribution < -0.4 is 10.5 Å². The van der Waals surface area contributed by atoms with E-state index in [1.807, 2.05) is 13.8 Å². The van der Waals surface area contributed by atoms with Gasteiger partial charge in [0.1, 0.15) is 5.75 Å². The van der Waals surface area contributed by atoms with Gasteiger partial charge >= 0.3 is 0 Å². The van der Waals surface area contributed by atoms with Crippen molar-refractivity contribution >= 4 is 5.69 Å². The summed E-state index contributed by atoms with van der Waals surface area (Å²) in [5.41, 5.74) is 6.07. The molecule has 1 aromatic rings. The normalized spacial score (nSPS) is 11.2. The Hall–Kier alpha value is -1.62. The Kier molecular flexibility index (Phi) is 2.95. The van der Waals surface area contributed by atoms with Crippen LogP contribution >= 0.6 is 0 Å². The van der Waals surface area contributed by atoms with Gasteiger partial charge < -0.3 is 10.5 Å². The number of hydrogen-bond donors (Lipinski definition) is 1. The van der Waals surface area contributed by atoms with E-state index in [9.17, 15) is 10.1 Å². The number of ether oxygens (including phenoxy) is 1. The van der Waals surface area contributed by atoms with Crippen LogP contribution in [0.4, 0.5) is 5.69 Å². The summed E-state index contributed by atoms with van der Waals surface area (Å²) in [5, 5.41) is 10.5. The summed E-state index contributed by atoms with van der Waals surface area (Å²) < 4.78 is 5.08. The fourth-order valence-electron chi connectivity index (χ4n) is 1.33. The lowest BCUT2D eigenvalue weighted by Gasteiger charge is -2.21. The molecule has 0 saturated heterocycles. The standard InChI is InChI=1S/C10H14N2O3/c1-10(2,11)8-5-4-7(12(13)14)6-9(8)15-3/h4-6H,11H2,1-3H3. The highest BCUT2D eigenvalue weighted by molar-refractivity contribution is 5.46. The van der Waals surface area contributed by atoms with Crippen molar-refractivity contribution in [1.29, 1.82) is 0 Å². The molecule has 0 radical (unpaired) electrons. The Labute approximate surface area is 88.0 Å². The largest absolute Gasteiger partial charge is 0.496 e. The van der Waals surface area contributed by atoms with E-state index >= 15 is 0 Å². The molecule has 0 bridgehead atoms. The van der Waals surface area contributed by atoms with Crippen LogP contribution in [-0.4, -0.2) is 12.0 Å². The quantitative estimate of drug-likeness (QED) is 0.609. The molecule has 0 amide bonds. The molecule has 15 heavy (non-hydrogen) atoms. The van der Waals surface area contributed by atoms with Crippen molar-refractivity contribution in [1.82, 2.24) is 0 Å². The Morgan fingerprint density at radius 3 is 2.47 bits per heavy atom. The summed E-state index contributed by atoms with van der Waals surface area (Å²) in [4.78, 5) is 10.1. The van der Waals surface area contributed by atoms with Crippen molar-refractivity contribution in [2.24, 2.45) is 5.73 Å². The number of nitro benzene ring substituents is 1. The number of methoxy groups -OCH3 is 1. The highest BCUT2D eigenvalue weighted by Crippen LogP contribution is 2.30. The van der Waals surface area contributed by atoms with Gasteiger partial charge in [-0.2, -0.15) is 0 Å². The van der Waals surface area contributed by atoms with Gasteiger partial charge in [0, 0.05) is 17.2 Å². The van der Waals surface area contributed by atoms with Crippen molar-refractivity contribution in [3.05, 3.63) is 33.9 Å². The smallest absolute Gasteiger partial charge is 0.273 e. The Balaban J connectivity index is 3.27. The zero-order valence-corrected chi connectivity index (χ0v) is 8.98. The number of hydrogen-bond acceptors (Lipinski definition) is 4. The fourth-order valence-corrected chi connectivity index (χ4v) is 1.33. The second kappa shape index (κ2) is 3.86. The Morgan fingerprint density at radius 2 is 2.07 bits per heavy atom. The van der Waals surface area contributed by atoms with Crippen molar-refractivity contribution in [2.45, 2.75) is 19.4 Å². The molecule has 0 aliphatic rings. The van der Waals surface area contributed by atoms with E-state index in [-0.39, 0.29) is 5.69 Å². The third-order valence-electron chi connectivity index (χ3n) is 2.09. The maximum Gasteiger partial charge on any atom is 0.273 e. The van der Waals surface area contributed by atoms with Gasteiger partial charge in [0.15, 0.2) is 0 Å². The zero-order valence-electron chi connectivity index (χ0n) is 8.98. The number of non-ortho nitro benzene ring substituents is 1. The number of nitrogens with zero attached hydrogens (tertiary/aromatic N) is 1. The lowest BCUT2D eigenvalue weighted by Crippen LogP contribution is -2.29. The van der Waals surface area contributed by atoms with E-state index in [2.05, 4.69) is 0 Å². The number of nitrogens with two attached hydrogens (primary N) is 1. The minimum atomic E-state index is -0.583. The number of rotatable bonds is 3. The molecule has 5 heteroatoms. The minimum Gasteiger partial charge on any atom is -0.496 e. The van der Waals surface area contributed by atoms with Gasteiger partial charge in [-0.05, 0) is 19.9 Å². The lowest BCUT2D eigenvalue weighted by molar-refractivity contribution is -0.384. The molecule has 0 unspecified atom stereocenters. The number of benzene rings is 1. The molecule has 1 aromatic carbocycles. The summed E-state index contributed by atoms with van der Waals surface area (Å²) in [7, 11) is 1.47. The second-order valence-corrected chi connectivity index (χ2v) is 3.86. The molecule has 0 aliphatic carbocycles. The van der Waals surface area contributed by atoms with Crippen molar-refractivity contribution in [3.63, 3.8) is 0 Å². The first-order chi connectivity index (χ1) is 6.86. The second-order valence-electron chi connectivity index (χ2n) is 3.86. The fraction of sp³-hybridized carbons (Fsp3) is 0.400. The Morgan fingerprint density at radius 1 is 1.47 bits per heavy atom. The van der Waals surface area contributed by atoms with Gasteiger partial charge in [0.2, 0.25) is 0 Å². The van der Waals surface area contributed by atoms with E-state index in [0.717, 1.165) is 5.56 Å². The maximum absolute atomic E-state index is 10.5. The predicted molar refractivity (Wildman–Crippen MR) is 56.9 cm³/mol. The molecule has 0 spiro atoms. The minimum absolute atomic E-state index is 0.000139. The van der Waals surface area contributed by atoms with Crippen LogP contribution in [0.5, 0.6) is 5.75 Å². The summed E-state index contributed by atoms with van der Waals surface area (Å²) >= 11 is 0. The Bertz CT molecular complexity index is 383. The molecule has 0 aliphatic heterocycles. The van der Waals surface area contributed by atoms with Crippen LogP contribution in [0.3, 0.4) is 0 Å². The molecule has 1 rings (SSSR count). The molecule has 2 N–H and O–H groups in total. The molecular formula is C10H14N2O3. The molecular weight excluding hydrogens is 196 g/mol. The SMILES string of the molecule is COc1cc([N+](=O)[O-])ccc1C(C)(C)N. The summed E-state index contributed by atoms with van der Waals surface area (Å²) in [6.07, 6.45) is 0. The van der Waals surface area contributed by atoms with Gasteiger partial charge in [0.25, 0.3) is 5.69 Å². The summed E-state index contributed by atoms with van der Waals surface area (Å²) in [6, 6.07) is 4.42. The van der Waals surface area contributed by atoms with Crippen LogP contribution in [0, 0.1) is 10.1 Å².